The summed E-state index contributed by atoms with van der Waals surface area (Å²) in [5.41, 5.74) is 0.219. The average molecular weight is 335 g/mol. The lowest BCUT2D eigenvalue weighted by molar-refractivity contribution is 0.0951. The van der Waals surface area contributed by atoms with Crippen LogP contribution in [0.15, 0.2) is 47.4 Å². The Bertz CT molecular complexity index is 661. The SMILES string of the molecule is COc1ccc(C(=O)NCCCSc2ccc(F)cc2)c(O)c1. The zero-order valence-corrected chi connectivity index (χ0v) is 13.5. The molecule has 0 radical (unpaired) electrons. The summed E-state index contributed by atoms with van der Waals surface area (Å²) in [7, 11) is 1.49. The summed E-state index contributed by atoms with van der Waals surface area (Å²) >= 11 is 1.60. The molecule has 1 amide bonds. The quantitative estimate of drug-likeness (QED) is 0.601. The monoisotopic (exact) mass is 335 g/mol. The van der Waals surface area contributed by atoms with E-state index in [0.717, 1.165) is 17.1 Å². The Kier molecular flexibility index (Phi) is 6.29. The normalized spacial score (nSPS) is 10.3. The van der Waals surface area contributed by atoms with Crippen molar-refractivity contribution in [3.8, 4) is 11.5 Å². The lowest BCUT2D eigenvalue weighted by Gasteiger charge is -2.08. The van der Waals surface area contributed by atoms with E-state index in [9.17, 15) is 14.3 Å². The molecule has 0 aliphatic carbocycles. The van der Waals surface area contributed by atoms with Crippen molar-refractivity contribution in [3.05, 3.63) is 53.8 Å². The van der Waals surface area contributed by atoms with Crippen molar-refractivity contribution in [2.24, 2.45) is 0 Å². The molecule has 0 aliphatic heterocycles. The number of phenolic OH excluding ortho intramolecular Hbond substituents is 1. The lowest BCUT2D eigenvalue weighted by atomic mass is 10.2. The predicted molar refractivity (Wildman–Crippen MR) is 88.7 cm³/mol. The molecule has 0 aromatic heterocycles. The van der Waals surface area contributed by atoms with Crippen molar-refractivity contribution < 1.29 is 19.0 Å². The number of carbonyl (C=O) groups is 1. The number of amides is 1. The highest BCUT2D eigenvalue weighted by Crippen LogP contribution is 2.23. The van der Waals surface area contributed by atoms with E-state index in [0.29, 0.717) is 12.3 Å². The molecule has 6 heteroatoms. The van der Waals surface area contributed by atoms with Gasteiger partial charge in [-0.1, -0.05) is 0 Å². The number of ether oxygens (including phenoxy) is 1. The van der Waals surface area contributed by atoms with Crippen LogP contribution in [0.25, 0.3) is 0 Å². The van der Waals surface area contributed by atoms with Gasteiger partial charge in [0.25, 0.3) is 5.91 Å². The van der Waals surface area contributed by atoms with Gasteiger partial charge in [-0.3, -0.25) is 4.79 Å². The van der Waals surface area contributed by atoms with Crippen molar-refractivity contribution in [1.82, 2.24) is 5.32 Å². The van der Waals surface area contributed by atoms with Gasteiger partial charge in [-0.2, -0.15) is 0 Å². The van der Waals surface area contributed by atoms with E-state index in [1.54, 1.807) is 30.0 Å². The maximum atomic E-state index is 12.8. The molecule has 122 valence electrons. The van der Waals surface area contributed by atoms with E-state index < -0.39 is 0 Å². The number of thioether (sulfide) groups is 1. The van der Waals surface area contributed by atoms with Gasteiger partial charge in [-0.25, -0.2) is 4.39 Å². The lowest BCUT2D eigenvalue weighted by Crippen LogP contribution is -2.24. The van der Waals surface area contributed by atoms with E-state index in [1.165, 1.54) is 31.4 Å². The van der Waals surface area contributed by atoms with Crippen molar-refractivity contribution in [1.29, 1.82) is 0 Å². The summed E-state index contributed by atoms with van der Waals surface area (Å²) in [6, 6.07) is 10.9. The van der Waals surface area contributed by atoms with Gasteiger partial charge in [0.1, 0.15) is 17.3 Å². The van der Waals surface area contributed by atoms with Gasteiger partial charge >= 0.3 is 0 Å². The fourth-order valence-electron chi connectivity index (χ4n) is 1.92. The average Bonchev–Trinajstić information content (AvgIpc) is 2.55. The van der Waals surface area contributed by atoms with Gasteiger partial charge in [-0.15, -0.1) is 11.8 Å². The zero-order valence-electron chi connectivity index (χ0n) is 12.7. The fourth-order valence-corrected chi connectivity index (χ4v) is 2.77. The second-order valence-electron chi connectivity index (χ2n) is 4.79. The summed E-state index contributed by atoms with van der Waals surface area (Å²) in [5, 5.41) is 12.6. The Morgan fingerprint density at radius 1 is 1.26 bits per heavy atom. The van der Waals surface area contributed by atoms with Crippen LogP contribution >= 0.6 is 11.8 Å². The predicted octanol–water partition coefficient (Wildman–Crippen LogP) is 3.45. The first-order valence-electron chi connectivity index (χ1n) is 7.13. The topological polar surface area (TPSA) is 58.6 Å². The third-order valence-corrected chi connectivity index (χ3v) is 4.24. The number of methoxy groups -OCH3 is 1. The second-order valence-corrected chi connectivity index (χ2v) is 5.96. The molecule has 23 heavy (non-hydrogen) atoms. The smallest absolute Gasteiger partial charge is 0.255 e. The van der Waals surface area contributed by atoms with Crippen molar-refractivity contribution in [2.45, 2.75) is 11.3 Å². The number of nitrogens with one attached hydrogen (secondary N) is 1. The maximum absolute atomic E-state index is 12.8. The van der Waals surface area contributed by atoms with Crippen LogP contribution in [0.1, 0.15) is 16.8 Å². The molecule has 0 spiro atoms. The van der Waals surface area contributed by atoms with E-state index in [4.69, 9.17) is 4.74 Å². The molecule has 2 N–H and O–H groups in total. The van der Waals surface area contributed by atoms with Crippen LogP contribution in [0.3, 0.4) is 0 Å². The van der Waals surface area contributed by atoms with Gasteiger partial charge in [-0.05, 0) is 48.6 Å². The Morgan fingerprint density at radius 3 is 2.65 bits per heavy atom. The van der Waals surface area contributed by atoms with E-state index in [1.807, 2.05) is 0 Å². The molecule has 0 atom stereocenters. The summed E-state index contributed by atoms with van der Waals surface area (Å²) < 4.78 is 17.7. The zero-order chi connectivity index (χ0) is 16.7. The number of aromatic hydroxyl groups is 1. The standard InChI is InChI=1S/C17H18FNO3S/c1-22-13-5-8-15(16(20)11-13)17(21)19-9-2-10-23-14-6-3-12(18)4-7-14/h3-8,11,20H,2,9-10H2,1H3,(H,19,21). The van der Waals surface area contributed by atoms with Gasteiger partial charge in [0, 0.05) is 17.5 Å². The van der Waals surface area contributed by atoms with Gasteiger partial charge < -0.3 is 15.2 Å². The van der Waals surface area contributed by atoms with E-state index >= 15 is 0 Å². The van der Waals surface area contributed by atoms with Crippen LogP contribution in [0.2, 0.25) is 0 Å². The van der Waals surface area contributed by atoms with Crippen molar-refractivity contribution in [3.63, 3.8) is 0 Å². The summed E-state index contributed by atoms with van der Waals surface area (Å²) in [6.45, 7) is 0.499. The Labute approximate surface area is 138 Å². The first-order chi connectivity index (χ1) is 11.1. The molecule has 2 aromatic rings. The number of phenols is 1. The summed E-state index contributed by atoms with van der Waals surface area (Å²) in [5.74, 6) is 0.621. The van der Waals surface area contributed by atoms with Crippen LogP contribution < -0.4 is 10.1 Å². The number of hydrogen-bond donors (Lipinski definition) is 2. The second kappa shape index (κ2) is 8.43. The largest absolute Gasteiger partial charge is 0.507 e. The molecule has 0 aliphatic rings. The molecule has 2 aromatic carbocycles. The number of carbonyl (C=O) groups excluding carboxylic acids is 1. The third kappa shape index (κ3) is 5.17. The van der Waals surface area contributed by atoms with Gasteiger partial charge in [0.15, 0.2) is 0 Å². The first-order valence-corrected chi connectivity index (χ1v) is 8.12. The molecule has 0 saturated carbocycles. The number of benzene rings is 2. The molecule has 0 unspecified atom stereocenters. The summed E-state index contributed by atoms with van der Waals surface area (Å²) in [6.07, 6.45) is 0.769. The highest BCUT2D eigenvalue weighted by molar-refractivity contribution is 7.99. The number of rotatable bonds is 7. The molecule has 0 bridgehead atoms. The highest BCUT2D eigenvalue weighted by atomic mass is 32.2. The van der Waals surface area contributed by atoms with Crippen molar-refractivity contribution >= 4 is 17.7 Å². The van der Waals surface area contributed by atoms with Crippen LogP contribution in [0.5, 0.6) is 11.5 Å². The number of halogens is 1. The van der Waals surface area contributed by atoms with E-state index in [-0.39, 0.29) is 23.0 Å². The molecular weight excluding hydrogens is 317 g/mol. The molecule has 0 saturated heterocycles. The molecule has 2 rings (SSSR count). The van der Waals surface area contributed by atoms with Crippen LogP contribution in [0, 0.1) is 5.82 Å². The number of hydrogen-bond acceptors (Lipinski definition) is 4. The molecular formula is C17H18FNO3S. The highest BCUT2D eigenvalue weighted by Gasteiger charge is 2.11. The Balaban J connectivity index is 1.73. The Hall–Kier alpha value is -2.21. The minimum Gasteiger partial charge on any atom is -0.507 e. The Morgan fingerprint density at radius 2 is 2.00 bits per heavy atom. The van der Waals surface area contributed by atoms with Gasteiger partial charge in [0.05, 0.1) is 12.7 Å². The molecule has 0 fully saturated rings. The van der Waals surface area contributed by atoms with Crippen LogP contribution in [-0.4, -0.2) is 30.4 Å². The van der Waals surface area contributed by atoms with Crippen molar-refractivity contribution in [2.75, 3.05) is 19.4 Å². The summed E-state index contributed by atoms with van der Waals surface area (Å²) in [4.78, 5) is 13.0. The van der Waals surface area contributed by atoms with Gasteiger partial charge in [0.2, 0.25) is 0 Å². The molecule has 0 heterocycles. The first kappa shape index (κ1) is 17.1. The van der Waals surface area contributed by atoms with Crippen LogP contribution in [-0.2, 0) is 0 Å². The minimum absolute atomic E-state index is 0.109. The fraction of sp³-hybridized carbons (Fsp3) is 0.235. The maximum Gasteiger partial charge on any atom is 0.255 e. The third-order valence-electron chi connectivity index (χ3n) is 3.14. The molecule has 4 nitrogen and oxygen atoms in total. The van der Waals surface area contributed by atoms with Crippen LogP contribution in [0.4, 0.5) is 4.39 Å². The van der Waals surface area contributed by atoms with E-state index in [2.05, 4.69) is 5.32 Å². The minimum atomic E-state index is -0.322.